The second kappa shape index (κ2) is 7.53. The zero-order chi connectivity index (χ0) is 18.9. The first-order valence-electron chi connectivity index (χ1n) is 9.61. The maximum Gasteiger partial charge on any atom is 0.235 e. The van der Waals surface area contributed by atoms with Crippen molar-refractivity contribution in [2.24, 2.45) is 0 Å². The Bertz CT molecular complexity index is 800. The Morgan fingerprint density at radius 3 is 2.44 bits per heavy atom. The maximum absolute atomic E-state index is 13.1. The lowest BCUT2D eigenvalue weighted by Crippen LogP contribution is -2.46. The van der Waals surface area contributed by atoms with E-state index in [1.54, 1.807) is 0 Å². The number of rotatable bonds is 4. The first kappa shape index (κ1) is 18.3. The van der Waals surface area contributed by atoms with Gasteiger partial charge in [0.1, 0.15) is 0 Å². The topological polar surface area (TPSA) is 41.6 Å². The Hall–Kier alpha value is -2.04. The largest absolute Gasteiger partial charge is 0.375 e. The summed E-state index contributed by atoms with van der Waals surface area (Å²) in [5.74, 6) is 0.0730. The lowest BCUT2D eigenvalue weighted by molar-refractivity contribution is -0.124. The van der Waals surface area contributed by atoms with Crippen LogP contribution in [0.1, 0.15) is 31.7 Å². The highest BCUT2D eigenvalue weighted by molar-refractivity contribution is 6.30. The number of hydrogen-bond donors (Lipinski definition) is 1. The molecule has 2 aliphatic rings. The van der Waals surface area contributed by atoms with Crippen molar-refractivity contribution in [3.63, 3.8) is 0 Å². The van der Waals surface area contributed by atoms with E-state index in [0.29, 0.717) is 5.02 Å². The monoisotopic (exact) mass is 384 g/mol. The second-order valence-electron chi connectivity index (χ2n) is 7.57. The lowest BCUT2D eigenvalue weighted by Gasteiger charge is -2.40. The molecule has 0 aromatic heterocycles. The van der Waals surface area contributed by atoms with Crippen LogP contribution in [0, 0.1) is 0 Å². The van der Waals surface area contributed by atoms with Crippen LogP contribution in [0.2, 0.25) is 5.02 Å². The van der Waals surface area contributed by atoms with E-state index in [-0.39, 0.29) is 12.0 Å². The van der Waals surface area contributed by atoms with Crippen molar-refractivity contribution in [2.45, 2.75) is 37.7 Å². The fourth-order valence-electron chi connectivity index (χ4n) is 4.01. The number of halogens is 1. The minimum atomic E-state index is -0.428. The van der Waals surface area contributed by atoms with Gasteiger partial charge in [-0.3, -0.25) is 4.79 Å². The maximum atomic E-state index is 13.1. The van der Waals surface area contributed by atoms with Crippen molar-refractivity contribution in [2.75, 3.05) is 29.9 Å². The fourth-order valence-corrected chi connectivity index (χ4v) is 4.13. The number of amides is 1. The zero-order valence-corrected chi connectivity index (χ0v) is 16.3. The van der Waals surface area contributed by atoms with Crippen molar-refractivity contribution in [1.29, 1.82) is 0 Å². The number of benzene rings is 2. The molecule has 0 unspecified atom stereocenters. The van der Waals surface area contributed by atoms with Crippen LogP contribution >= 0.6 is 11.6 Å². The molecule has 1 saturated heterocycles. The minimum Gasteiger partial charge on any atom is -0.375 e. The van der Waals surface area contributed by atoms with Gasteiger partial charge in [0.2, 0.25) is 5.91 Å². The number of ether oxygens (including phenoxy) is 1. The highest BCUT2D eigenvalue weighted by Gasteiger charge is 2.45. The average Bonchev–Trinajstić information content (AvgIpc) is 2.63. The third kappa shape index (κ3) is 3.69. The van der Waals surface area contributed by atoms with Crippen LogP contribution in [-0.2, 0) is 14.9 Å². The molecule has 0 spiro atoms. The summed E-state index contributed by atoms with van der Waals surface area (Å²) in [5.41, 5.74) is 2.63. The summed E-state index contributed by atoms with van der Waals surface area (Å²) < 4.78 is 5.60. The molecule has 2 aromatic carbocycles. The van der Waals surface area contributed by atoms with E-state index < -0.39 is 5.41 Å². The van der Waals surface area contributed by atoms with Crippen molar-refractivity contribution < 1.29 is 9.53 Å². The quantitative estimate of drug-likeness (QED) is 0.835. The Labute approximate surface area is 165 Å². The van der Waals surface area contributed by atoms with Gasteiger partial charge >= 0.3 is 0 Å². The Balaban J connectivity index is 1.46. The summed E-state index contributed by atoms with van der Waals surface area (Å²) in [6, 6.07) is 15.8. The van der Waals surface area contributed by atoms with Crippen LogP contribution in [-0.4, -0.2) is 31.7 Å². The van der Waals surface area contributed by atoms with Gasteiger partial charge in [0, 0.05) is 29.5 Å². The first-order chi connectivity index (χ1) is 13.1. The van der Waals surface area contributed by atoms with E-state index in [9.17, 15) is 4.79 Å². The van der Waals surface area contributed by atoms with Crippen molar-refractivity contribution >= 4 is 28.9 Å². The SMILES string of the molecule is C[C@@H]1CN(c2ccc(NC(=O)C3(c4ccc(Cl)cc4)CCC3)cc2)CCO1. The molecule has 1 heterocycles. The van der Waals surface area contributed by atoms with Gasteiger partial charge in [-0.05, 0) is 61.7 Å². The minimum absolute atomic E-state index is 0.0730. The molecule has 1 saturated carbocycles. The Morgan fingerprint density at radius 2 is 1.85 bits per heavy atom. The van der Waals surface area contributed by atoms with E-state index in [1.807, 2.05) is 36.4 Å². The van der Waals surface area contributed by atoms with Crippen molar-refractivity contribution in [1.82, 2.24) is 0 Å². The molecular weight excluding hydrogens is 360 g/mol. The van der Waals surface area contributed by atoms with Crippen LogP contribution < -0.4 is 10.2 Å². The molecule has 1 amide bonds. The third-order valence-electron chi connectivity index (χ3n) is 5.77. The molecule has 4 nitrogen and oxygen atoms in total. The third-order valence-corrected chi connectivity index (χ3v) is 6.02. The van der Waals surface area contributed by atoms with Gasteiger partial charge in [-0.1, -0.05) is 30.2 Å². The molecule has 0 bridgehead atoms. The number of nitrogens with one attached hydrogen (secondary N) is 1. The molecule has 1 atom stereocenters. The highest BCUT2D eigenvalue weighted by Crippen LogP contribution is 2.45. The fraction of sp³-hybridized carbons (Fsp3) is 0.409. The summed E-state index contributed by atoms with van der Waals surface area (Å²) in [6.07, 6.45) is 3.08. The zero-order valence-electron chi connectivity index (χ0n) is 15.6. The first-order valence-corrected chi connectivity index (χ1v) is 9.99. The van der Waals surface area contributed by atoms with E-state index in [1.165, 1.54) is 5.69 Å². The van der Waals surface area contributed by atoms with E-state index in [2.05, 4.69) is 29.3 Å². The number of carbonyl (C=O) groups excluding carboxylic acids is 1. The summed E-state index contributed by atoms with van der Waals surface area (Å²) in [6.45, 7) is 4.64. The predicted molar refractivity (Wildman–Crippen MR) is 110 cm³/mol. The van der Waals surface area contributed by atoms with Gasteiger partial charge in [0.25, 0.3) is 0 Å². The van der Waals surface area contributed by atoms with Gasteiger partial charge in [-0.25, -0.2) is 0 Å². The molecule has 2 fully saturated rings. The molecule has 1 aliphatic carbocycles. The molecule has 4 rings (SSSR count). The molecule has 142 valence electrons. The Kier molecular flexibility index (Phi) is 5.11. The highest BCUT2D eigenvalue weighted by atomic mass is 35.5. The molecule has 1 N–H and O–H groups in total. The van der Waals surface area contributed by atoms with Crippen LogP contribution in [0.4, 0.5) is 11.4 Å². The van der Waals surface area contributed by atoms with Gasteiger partial charge in [-0.15, -0.1) is 0 Å². The molecule has 2 aromatic rings. The summed E-state index contributed by atoms with van der Waals surface area (Å²) in [5, 5.41) is 3.82. The second-order valence-corrected chi connectivity index (χ2v) is 8.01. The van der Waals surface area contributed by atoms with Gasteiger partial charge in [-0.2, -0.15) is 0 Å². The van der Waals surface area contributed by atoms with Gasteiger partial charge in [0.15, 0.2) is 0 Å². The van der Waals surface area contributed by atoms with Crippen LogP contribution in [0.3, 0.4) is 0 Å². The Morgan fingerprint density at radius 1 is 1.15 bits per heavy atom. The van der Waals surface area contributed by atoms with E-state index in [0.717, 1.165) is 50.2 Å². The number of morpholine rings is 1. The average molecular weight is 385 g/mol. The molecule has 1 aliphatic heterocycles. The van der Waals surface area contributed by atoms with Crippen LogP contribution in [0.5, 0.6) is 0 Å². The predicted octanol–water partition coefficient (Wildman–Crippen LogP) is 4.63. The summed E-state index contributed by atoms with van der Waals surface area (Å²) in [4.78, 5) is 15.4. The van der Waals surface area contributed by atoms with Crippen molar-refractivity contribution in [3.05, 3.63) is 59.1 Å². The number of nitrogens with zero attached hydrogens (tertiary/aromatic N) is 1. The van der Waals surface area contributed by atoms with Gasteiger partial charge < -0.3 is 15.0 Å². The smallest absolute Gasteiger partial charge is 0.235 e. The molecule has 5 heteroatoms. The van der Waals surface area contributed by atoms with Gasteiger partial charge in [0.05, 0.1) is 18.1 Å². The van der Waals surface area contributed by atoms with E-state index >= 15 is 0 Å². The number of hydrogen-bond acceptors (Lipinski definition) is 3. The standard InChI is InChI=1S/C22H25ClN2O2/c1-16-15-25(13-14-27-16)20-9-7-19(8-10-20)24-21(26)22(11-2-12-22)17-3-5-18(23)6-4-17/h3-10,16H,2,11-15H2,1H3,(H,24,26)/t16-/m1/s1. The summed E-state index contributed by atoms with van der Waals surface area (Å²) >= 11 is 6.01. The number of carbonyl (C=O) groups is 1. The van der Waals surface area contributed by atoms with Crippen LogP contribution in [0.25, 0.3) is 0 Å². The summed E-state index contributed by atoms with van der Waals surface area (Å²) in [7, 11) is 0. The van der Waals surface area contributed by atoms with Crippen molar-refractivity contribution in [3.8, 4) is 0 Å². The molecular formula is C22H25ClN2O2. The normalized spacial score (nSPS) is 21.4. The number of anilines is 2. The lowest BCUT2D eigenvalue weighted by atomic mass is 9.64. The molecule has 27 heavy (non-hydrogen) atoms. The van der Waals surface area contributed by atoms with E-state index in [4.69, 9.17) is 16.3 Å². The van der Waals surface area contributed by atoms with Crippen LogP contribution in [0.15, 0.2) is 48.5 Å². The molecule has 0 radical (unpaired) electrons.